The number of amides is 1. The van der Waals surface area contributed by atoms with E-state index >= 15 is 0 Å². The Balaban J connectivity index is 3.91. The van der Waals surface area contributed by atoms with Crippen LogP contribution < -0.4 is 5.32 Å². The minimum Gasteiger partial charge on any atom is -0.391 e. The van der Waals surface area contributed by atoms with Gasteiger partial charge in [0.25, 0.3) is 0 Å². The molecule has 3 atom stereocenters. The maximum absolute atomic E-state index is 13.1. The number of nitrogens with one attached hydrogen (secondary N) is 1. The average molecular weight is 1240 g/mol. The van der Waals surface area contributed by atoms with Crippen molar-refractivity contribution in [2.24, 2.45) is 0 Å². The second-order valence-electron chi connectivity index (χ2n) is 28.8. The van der Waals surface area contributed by atoms with E-state index < -0.39 is 20.0 Å². The smallest absolute Gasteiger partial charge is 0.391 e. The first kappa shape index (κ1) is 85.5. The van der Waals surface area contributed by atoms with E-state index in [0.717, 1.165) is 38.5 Å². The molecule has 0 fully saturated rings. The van der Waals surface area contributed by atoms with Crippen molar-refractivity contribution in [1.29, 1.82) is 0 Å². The summed E-state index contributed by atoms with van der Waals surface area (Å²) in [5, 5.41) is 14.2. The van der Waals surface area contributed by atoms with E-state index in [2.05, 4.69) is 19.2 Å². The molecule has 0 bridgehead atoms. The first-order valence-electron chi connectivity index (χ1n) is 39.4. The van der Waals surface area contributed by atoms with Crippen molar-refractivity contribution in [3.05, 3.63) is 0 Å². The number of phosphoric acid groups is 1. The van der Waals surface area contributed by atoms with Gasteiger partial charge in [0.2, 0.25) is 5.91 Å². The zero-order valence-corrected chi connectivity index (χ0v) is 60.3. The van der Waals surface area contributed by atoms with Crippen LogP contribution in [0.5, 0.6) is 0 Å². The van der Waals surface area contributed by atoms with Crippen molar-refractivity contribution in [3.8, 4) is 0 Å². The number of hydrogen-bond donors (Lipinski definition) is 3. The fraction of sp³-hybridized carbons (Fsp3) is 0.987. The highest BCUT2D eigenvalue weighted by molar-refractivity contribution is 7.47. The van der Waals surface area contributed by atoms with E-state index in [0.29, 0.717) is 23.9 Å². The Morgan fingerprint density at radius 1 is 0.349 bits per heavy atom. The monoisotopic (exact) mass is 1240 g/mol. The van der Waals surface area contributed by atoms with E-state index in [-0.39, 0.29) is 19.1 Å². The zero-order chi connectivity index (χ0) is 62.6. The summed E-state index contributed by atoms with van der Waals surface area (Å²) in [7, 11) is 1.65. The minimum atomic E-state index is -4.33. The number of carbonyl (C=O) groups is 1. The van der Waals surface area contributed by atoms with Crippen LogP contribution in [0.4, 0.5) is 0 Å². The maximum atomic E-state index is 13.1. The van der Waals surface area contributed by atoms with Crippen molar-refractivity contribution in [3.63, 3.8) is 0 Å². The van der Waals surface area contributed by atoms with Gasteiger partial charge in [-0.15, -0.1) is 0 Å². The largest absolute Gasteiger partial charge is 0.472 e. The summed E-state index contributed by atoms with van der Waals surface area (Å²) in [6, 6.07) is -0.758. The first-order chi connectivity index (χ1) is 42.0. The standard InChI is InChI=1S/C77H157N2O6P/c1-6-8-10-12-14-16-18-20-22-24-26-28-30-32-34-36-38-39-41-43-45-47-49-51-53-55-57-59-61-63-65-67-69-71-77(81)78-75(74-85-86(82,83)84-73-72-79(3,4)5)76(80)70-68-66-64-62-60-58-56-54-52-50-48-46-44-42-40-37-35-33-31-29-27-25-23-21-19-17-15-13-11-9-7-2/h75-76,80H,6-74H2,1-5H3,(H-,78,81,82,83)/p+1. The quantitative estimate of drug-likeness (QED) is 0.0318. The lowest BCUT2D eigenvalue weighted by molar-refractivity contribution is -0.870. The number of aliphatic hydroxyl groups excluding tert-OH is 1. The van der Waals surface area contributed by atoms with E-state index in [9.17, 15) is 19.4 Å². The van der Waals surface area contributed by atoms with Crippen LogP contribution in [-0.2, 0) is 18.4 Å². The predicted octanol–water partition coefficient (Wildman–Crippen LogP) is 25.5. The zero-order valence-electron chi connectivity index (χ0n) is 59.4. The highest BCUT2D eigenvalue weighted by Crippen LogP contribution is 2.43. The normalized spacial score (nSPS) is 13.4. The van der Waals surface area contributed by atoms with Gasteiger partial charge < -0.3 is 19.8 Å². The Hall–Kier alpha value is -0.500. The molecule has 1 amide bonds. The number of rotatable bonds is 75. The van der Waals surface area contributed by atoms with Crippen LogP contribution in [0, 0.1) is 0 Å². The first-order valence-corrected chi connectivity index (χ1v) is 40.9. The van der Waals surface area contributed by atoms with Crippen LogP contribution in [0.15, 0.2) is 0 Å². The van der Waals surface area contributed by atoms with Gasteiger partial charge in [0.15, 0.2) is 0 Å². The summed E-state index contributed by atoms with van der Waals surface area (Å²) in [6.07, 6.45) is 88.2. The Labute approximate surface area is 540 Å². The molecule has 9 heteroatoms. The maximum Gasteiger partial charge on any atom is 0.472 e. The molecule has 0 saturated heterocycles. The minimum absolute atomic E-state index is 0.0796. The third-order valence-corrected chi connectivity index (χ3v) is 19.8. The third kappa shape index (κ3) is 70.9. The van der Waals surface area contributed by atoms with Gasteiger partial charge in [0.1, 0.15) is 13.2 Å². The van der Waals surface area contributed by atoms with Gasteiger partial charge in [0.05, 0.1) is 39.9 Å². The number of likely N-dealkylation sites (N-methyl/N-ethyl adjacent to an activating group) is 1. The fourth-order valence-corrected chi connectivity index (χ4v) is 13.5. The number of nitrogens with zero attached hydrogens (tertiary/aromatic N) is 1. The van der Waals surface area contributed by atoms with Crippen LogP contribution >= 0.6 is 7.82 Å². The molecule has 3 unspecified atom stereocenters. The van der Waals surface area contributed by atoms with Gasteiger partial charge in [-0.05, 0) is 12.8 Å². The summed E-state index contributed by atoms with van der Waals surface area (Å²) >= 11 is 0. The molecule has 0 radical (unpaired) electrons. The number of unbranched alkanes of at least 4 members (excludes halogenated alkanes) is 62. The predicted molar refractivity (Wildman–Crippen MR) is 379 cm³/mol. The van der Waals surface area contributed by atoms with E-state index in [1.54, 1.807) is 0 Å². The van der Waals surface area contributed by atoms with Gasteiger partial charge in [-0.25, -0.2) is 4.57 Å². The summed E-state index contributed by atoms with van der Waals surface area (Å²) in [5.41, 5.74) is 0. The molecule has 0 spiro atoms. The van der Waals surface area contributed by atoms with Crippen LogP contribution in [0.1, 0.15) is 438 Å². The van der Waals surface area contributed by atoms with Crippen molar-refractivity contribution >= 4 is 13.7 Å². The molecule has 0 heterocycles. The van der Waals surface area contributed by atoms with Crippen LogP contribution in [0.3, 0.4) is 0 Å². The van der Waals surface area contributed by atoms with Crippen LogP contribution in [0.2, 0.25) is 0 Å². The molecular weight excluding hydrogens is 1080 g/mol. The highest BCUT2D eigenvalue weighted by atomic mass is 31.2. The number of phosphoric ester groups is 1. The molecule has 0 saturated carbocycles. The van der Waals surface area contributed by atoms with E-state index in [1.807, 2.05) is 21.1 Å². The molecule has 86 heavy (non-hydrogen) atoms. The Kier molecular flexibility index (Phi) is 68.5. The second-order valence-corrected chi connectivity index (χ2v) is 30.3. The molecule has 516 valence electrons. The van der Waals surface area contributed by atoms with Crippen LogP contribution in [0.25, 0.3) is 0 Å². The van der Waals surface area contributed by atoms with Crippen molar-refractivity contribution in [2.45, 2.75) is 450 Å². The molecule has 0 aromatic carbocycles. The van der Waals surface area contributed by atoms with Crippen molar-refractivity contribution < 1.29 is 32.9 Å². The molecule has 0 aliphatic rings. The van der Waals surface area contributed by atoms with Crippen molar-refractivity contribution in [2.75, 3.05) is 40.9 Å². The Morgan fingerprint density at radius 2 is 0.558 bits per heavy atom. The van der Waals surface area contributed by atoms with Gasteiger partial charge in [-0.3, -0.25) is 13.8 Å². The molecule has 0 aliphatic carbocycles. The van der Waals surface area contributed by atoms with Gasteiger partial charge >= 0.3 is 7.82 Å². The molecule has 0 rings (SSSR count). The van der Waals surface area contributed by atoms with Crippen LogP contribution in [-0.4, -0.2) is 73.4 Å². The summed E-state index contributed by atoms with van der Waals surface area (Å²) < 4.78 is 24.0. The molecule has 8 nitrogen and oxygen atoms in total. The van der Waals surface area contributed by atoms with Gasteiger partial charge in [-0.1, -0.05) is 418 Å². The average Bonchev–Trinajstić information content (AvgIpc) is 3.70. The van der Waals surface area contributed by atoms with Gasteiger partial charge in [0, 0.05) is 6.42 Å². The number of hydrogen-bond acceptors (Lipinski definition) is 5. The summed E-state index contributed by atoms with van der Waals surface area (Å²) in [4.78, 5) is 23.5. The lowest BCUT2D eigenvalue weighted by atomic mass is 10.0. The SMILES string of the molecule is CCCCCCCCCCCCCCCCCCCCCCCCCCCCCCCCCCCC(=O)NC(COP(=O)(O)OCC[N+](C)(C)C)C(O)CCCCCCCCCCCCCCCCCCCCCCCCCCCCCCCCC. The summed E-state index contributed by atoms with van der Waals surface area (Å²) in [5.74, 6) is -0.131. The lowest BCUT2D eigenvalue weighted by Gasteiger charge is -2.26. The molecule has 0 aliphatic heterocycles. The molecular formula is C77H158N2O6P+. The van der Waals surface area contributed by atoms with E-state index in [4.69, 9.17) is 9.05 Å². The molecule has 0 aromatic rings. The number of quaternary nitrogens is 1. The number of aliphatic hydroxyl groups is 1. The highest BCUT2D eigenvalue weighted by Gasteiger charge is 2.28. The second kappa shape index (κ2) is 68.9. The summed E-state index contributed by atoms with van der Waals surface area (Å²) in [6.45, 7) is 4.98. The third-order valence-electron chi connectivity index (χ3n) is 18.9. The van der Waals surface area contributed by atoms with E-state index in [1.165, 1.54) is 372 Å². The van der Waals surface area contributed by atoms with Crippen molar-refractivity contribution in [1.82, 2.24) is 5.32 Å². The molecule has 0 aromatic heterocycles. The topological polar surface area (TPSA) is 105 Å². The van der Waals surface area contributed by atoms with Gasteiger partial charge in [-0.2, -0.15) is 0 Å². The number of carbonyl (C=O) groups excluding carboxylic acids is 1. The molecule has 3 N–H and O–H groups in total. The Morgan fingerprint density at radius 3 is 0.779 bits per heavy atom. The lowest BCUT2D eigenvalue weighted by Crippen LogP contribution is -2.46. The fourth-order valence-electron chi connectivity index (χ4n) is 12.8. The Bertz CT molecular complexity index is 1360.